The highest BCUT2D eigenvalue weighted by Crippen LogP contribution is 2.16. The zero-order valence-electron chi connectivity index (χ0n) is 14.3. The fourth-order valence-corrected chi connectivity index (χ4v) is 2.78. The maximum Gasteiger partial charge on any atom is 0.407 e. The first-order chi connectivity index (χ1) is 12.3. The van der Waals surface area contributed by atoms with E-state index in [0.29, 0.717) is 13.2 Å². The lowest BCUT2D eigenvalue weighted by Gasteiger charge is -2.28. The molecule has 0 aliphatic carbocycles. The van der Waals surface area contributed by atoms with Gasteiger partial charge in [-0.2, -0.15) is 0 Å². The third kappa shape index (κ3) is 5.50. The van der Waals surface area contributed by atoms with Crippen LogP contribution in [0.4, 0.5) is 10.5 Å². The number of nitrogens with zero attached hydrogens (tertiary/aromatic N) is 1. The average molecular weight is 340 g/mol. The van der Waals surface area contributed by atoms with Crippen molar-refractivity contribution < 1.29 is 14.3 Å². The van der Waals surface area contributed by atoms with Crippen molar-refractivity contribution in [3.05, 3.63) is 65.7 Å². The van der Waals surface area contributed by atoms with Crippen LogP contribution < -0.4 is 10.2 Å². The van der Waals surface area contributed by atoms with Gasteiger partial charge in [0.15, 0.2) is 0 Å². The SMILES string of the molecule is O=C(NCCc1ccc(N2CCOCC2)cc1)OCc1ccccc1. The Bertz CT molecular complexity index is 652. The van der Waals surface area contributed by atoms with Crippen molar-refractivity contribution in [2.45, 2.75) is 13.0 Å². The molecule has 0 spiro atoms. The Morgan fingerprint density at radius 3 is 2.44 bits per heavy atom. The van der Waals surface area contributed by atoms with Crippen LogP contribution in [-0.2, 0) is 22.5 Å². The van der Waals surface area contributed by atoms with Gasteiger partial charge >= 0.3 is 6.09 Å². The summed E-state index contributed by atoms with van der Waals surface area (Å²) in [7, 11) is 0. The van der Waals surface area contributed by atoms with Crippen LogP contribution in [0.25, 0.3) is 0 Å². The number of hydrogen-bond acceptors (Lipinski definition) is 4. The van der Waals surface area contributed by atoms with Gasteiger partial charge < -0.3 is 19.7 Å². The van der Waals surface area contributed by atoms with E-state index in [9.17, 15) is 4.79 Å². The molecular weight excluding hydrogens is 316 g/mol. The normalized spacial score (nSPS) is 14.2. The van der Waals surface area contributed by atoms with Crippen LogP contribution in [0.3, 0.4) is 0 Å². The lowest BCUT2D eigenvalue weighted by atomic mass is 10.1. The summed E-state index contributed by atoms with van der Waals surface area (Å²) in [6.45, 7) is 4.31. The number of carbonyl (C=O) groups excluding carboxylic acids is 1. The first-order valence-electron chi connectivity index (χ1n) is 8.67. The van der Waals surface area contributed by atoms with E-state index in [1.54, 1.807) is 0 Å². The molecule has 0 aromatic heterocycles. The number of morpholine rings is 1. The number of carbonyl (C=O) groups is 1. The number of alkyl carbamates (subject to hydrolysis) is 1. The van der Waals surface area contributed by atoms with Crippen LogP contribution in [0.2, 0.25) is 0 Å². The second-order valence-corrected chi connectivity index (χ2v) is 6.00. The van der Waals surface area contributed by atoms with E-state index < -0.39 is 0 Å². The summed E-state index contributed by atoms with van der Waals surface area (Å²) in [4.78, 5) is 14.0. The molecule has 0 atom stereocenters. The Morgan fingerprint density at radius 1 is 1.00 bits per heavy atom. The first-order valence-corrected chi connectivity index (χ1v) is 8.67. The van der Waals surface area contributed by atoms with E-state index in [0.717, 1.165) is 38.3 Å². The highest BCUT2D eigenvalue weighted by Gasteiger charge is 2.10. The quantitative estimate of drug-likeness (QED) is 0.878. The van der Waals surface area contributed by atoms with E-state index in [1.165, 1.54) is 11.3 Å². The predicted molar refractivity (Wildman–Crippen MR) is 97.8 cm³/mol. The molecule has 25 heavy (non-hydrogen) atoms. The minimum atomic E-state index is -0.381. The molecule has 2 aromatic carbocycles. The van der Waals surface area contributed by atoms with Crippen molar-refractivity contribution in [1.82, 2.24) is 5.32 Å². The fourth-order valence-electron chi connectivity index (χ4n) is 2.78. The minimum absolute atomic E-state index is 0.293. The molecule has 0 radical (unpaired) electrons. The number of hydrogen-bond donors (Lipinski definition) is 1. The molecule has 1 saturated heterocycles. The molecule has 1 N–H and O–H groups in total. The molecule has 1 amide bonds. The van der Waals surface area contributed by atoms with Gasteiger partial charge in [0.05, 0.1) is 13.2 Å². The molecule has 1 aliphatic rings. The maximum atomic E-state index is 11.7. The molecular formula is C20H24N2O3. The summed E-state index contributed by atoms with van der Waals surface area (Å²) in [5, 5.41) is 2.79. The van der Waals surface area contributed by atoms with E-state index in [4.69, 9.17) is 9.47 Å². The monoisotopic (exact) mass is 340 g/mol. The zero-order chi connectivity index (χ0) is 17.3. The van der Waals surface area contributed by atoms with E-state index in [-0.39, 0.29) is 6.09 Å². The molecule has 1 heterocycles. The number of anilines is 1. The van der Waals surface area contributed by atoms with Crippen molar-refractivity contribution in [3.63, 3.8) is 0 Å². The van der Waals surface area contributed by atoms with Crippen LogP contribution in [0.15, 0.2) is 54.6 Å². The van der Waals surface area contributed by atoms with Gasteiger partial charge in [-0.25, -0.2) is 4.79 Å². The zero-order valence-corrected chi connectivity index (χ0v) is 14.3. The van der Waals surface area contributed by atoms with Crippen LogP contribution in [0.5, 0.6) is 0 Å². The van der Waals surface area contributed by atoms with E-state index >= 15 is 0 Å². The first kappa shape index (κ1) is 17.3. The molecule has 0 bridgehead atoms. The Kier molecular flexibility index (Phi) is 6.29. The number of nitrogens with one attached hydrogen (secondary N) is 1. The Labute approximate surface area is 148 Å². The number of benzene rings is 2. The van der Waals surface area contributed by atoms with Gasteiger partial charge in [-0.15, -0.1) is 0 Å². The summed E-state index contributed by atoms with van der Waals surface area (Å²) in [6, 6.07) is 18.2. The van der Waals surface area contributed by atoms with E-state index in [1.807, 2.05) is 30.3 Å². The van der Waals surface area contributed by atoms with Gasteiger partial charge in [0.25, 0.3) is 0 Å². The van der Waals surface area contributed by atoms with E-state index in [2.05, 4.69) is 34.5 Å². The molecule has 5 nitrogen and oxygen atoms in total. The molecule has 2 aromatic rings. The largest absolute Gasteiger partial charge is 0.445 e. The third-order valence-electron chi connectivity index (χ3n) is 4.21. The van der Waals surface area contributed by atoms with Crippen molar-refractivity contribution in [2.75, 3.05) is 37.7 Å². The second-order valence-electron chi connectivity index (χ2n) is 6.00. The predicted octanol–water partition coefficient (Wildman–Crippen LogP) is 2.99. The third-order valence-corrected chi connectivity index (χ3v) is 4.21. The highest BCUT2D eigenvalue weighted by molar-refractivity contribution is 5.67. The number of ether oxygens (including phenoxy) is 2. The number of amides is 1. The van der Waals surface area contributed by atoms with Crippen LogP contribution >= 0.6 is 0 Å². The smallest absolute Gasteiger partial charge is 0.407 e. The molecule has 3 rings (SSSR count). The average Bonchev–Trinajstić information content (AvgIpc) is 2.68. The van der Waals surface area contributed by atoms with Crippen molar-refractivity contribution in [1.29, 1.82) is 0 Å². The fraction of sp³-hybridized carbons (Fsp3) is 0.350. The highest BCUT2D eigenvalue weighted by atomic mass is 16.5. The topological polar surface area (TPSA) is 50.8 Å². The lowest BCUT2D eigenvalue weighted by Crippen LogP contribution is -2.36. The van der Waals surface area contributed by atoms with Crippen LogP contribution in [0, 0.1) is 0 Å². The number of rotatable bonds is 6. The van der Waals surface area contributed by atoms with Crippen LogP contribution in [0.1, 0.15) is 11.1 Å². The minimum Gasteiger partial charge on any atom is -0.445 e. The Morgan fingerprint density at radius 2 is 1.72 bits per heavy atom. The molecule has 132 valence electrons. The summed E-state index contributed by atoms with van der Waals surface area (Å²) >= 11 is 0. The standard InChI is InChI=1S/C20H24N2O3/c23-20(25-16-18-4-2-1-3-5-18)21-11-10-17-6-8-19(9-7-17)22-12-14-24-15-13-22/h1-9H,10-16H2,(H,21,23). The summed E-state index contributed by atoms with van der Waals surface area (Å²) in [5.74, 6) is 0. The lowest BCUT2D eigenvalue weighted by molar-refractivity contribution is 0.122. The summed E-state index contributed by atoms with van der Waals surface area (Å²) in [5.41, 5.74) is 3.40. The van der Waals surface area contributed by atoms with Crippen molar-refractivity contribution >= 4 is 11.8 Å². The molecule has 1 aliphatic heterocycles. The van der Waals surface area contributed by atoms with Gasteiger partial charge in [0, 0.05) is 25.3 Å². The molecule has 5 heteroatoms. The summed E-state index contributed by atoms with van der Waals surface area (Å²) in [6.07, 6.45) is 0.401. The molecule has 1 fully saturated rings. The van der Waals surface area contributed by atoms with Gasteiger partial charge in [-0.3, -0.25) is 0 Å². The van der Waals surface area contributed by atoms with Gasteiger partial charge in [0.1, 0.15) is 6.61 Å². The second kappa shape index (κ2) is 9.08. The van der Waals surface area contributed by atoms with Gasteiger partial charge in [-0.1, -0.05) is 42.5 Å². The molecule has 0 saturated carbocycles. The summed E-state index contributed by atoms with van der Waals surface area (Å²) < 4.78 is 10.6. The maximum absolute atomic E-state index is 11.7. The van der Waals surface area contributed by atoms with Crippen molar-refractivity contribution in [2.24, 2.45) is 0 Å². The Balaban J connectivity index is 1.37. The van der Waals surface area contributed by atoms with Crippen LogP contribution in [-0.4, -0.2) is 38.9 Å². The van der Waals surface area contributed by atoms with Crippen molar-refractivity contribution in [3.8, 4) is 0 Å². The van der Waals surface area contributed by atoms with Gasteiger partial charge in [0.2, 0.25) is 0 Å². The Hall–Kier alpha value is -2.53. The molecule has 0 unspecified atom stereocenters. The van der Waals surface area contributed by atoms with Gasteiger partial charge in [-0.05, 0) is 29.7 Å².